The molecule has 0 amide bonds. The summed E-state index contributed by atoms with van der Waals surface area (Å²) in [6, 6.07) is 7.11. The summed E-state index contributed by atoms with van der Waals surface area (Å²) in [5.74, 6) is -0.341. The molecule has 0 radical (unpaired) electrons. The maximum Gasteiger partial charge on any atom is 0.336 e. The third-order valence-corrected chi connectivity index (χ3v) is 5.49. The lowest BCUT2D eigenvalue weighted by Crippen LogP contribution is -2.34. The van der Waals surface area contributed by atoms with Crippen LogP contribution in [0, 0.1) is 0 Å². The van der Waals surface area contributed by atoms with E-state index in [0.29, 0.717) is 39.9 Å². The number of hydrogen-bond acceptors (Lipinski definition) is 7. The molecule has 8 heteroatoms. The van der Waals surface area contributed by atoms with E-state index in [1.807, 2.05) is 6.07 Å². The topological polar surface area (TPSA) is 90.6 Å². The van der Waals surface area contributed by atoms with Crippen LogP contribution < -0.4 is 11.1 Å². The van der Waals surface area contributed by atoms with Gasteiger partial charge in [0, 0.05) is 34.5 Å². The van der Waals surface area contributed by atoms with E-state index in [4.69, 9.17) is 26.8 Å². The van der Waals surface area contributed by atoms with Crippen LogP contribution in [0.25, 0.3) is 0 Å². The molecule has 152 valence electrons. The summed E-state index contributed by atoms with van der Waals surface area (Å²) in [6.45, 7) is 4.30. The van der Waals surface area contributed by atoms with Gasteiger partial charge in [0.1, 0.15) is 0 Å². The molecule has 3 N–H and O–H groups in total. The number of thioether (sulfide) groups is 1. The van der Waals surface area contributed by atoms with Gasteiger partial charge in [-0.25, -0.2) is 9.59 Å². The molecule has 1 aliphatic rings. The monoisotopic (exact) mass is 424 g/mol. The summed E-state index contributed by atoms with van der Waals surface area (Å²) < 4.78 is 10.3. The van der Waals surface area contributed by atoms with Crippen LogP contribution in [0.3, 0.4) is 0 Å². The van der Waals surface area contributed by atoms with Gasteiger partial charge in [0.05, 0.1) is 30.8 Å². The first-order chi connectivity index (χ1) is 13.4. The molecule has 1 atom stereocenters. The van der Waals surface area contributed by atoms with Crippen LogP contribution in [0.5, 0.6) is 0 Å². The van der Waals surface area contributed by atoms with Crippen molar-refractivity contribution in [2.45, 2.75) is 19.8 Å². The highest BCUT2D eigenvalue weighted by atomic mass is 35.5. The molecule has 0 aromatic heterocycles. The lowest BCUT2D eigenvalue weighted by Gasteiger charge is -2.31. The van der Waals surface area contributed by atoms with Crippen LogP contribution in [0.2, 0.25) is 5.02 Å². The maximum atomic E-state index is 12.9. The number of dihydropyridines is 1. The number of carbonyl (C=O) groups excluding carboxylic acids is 2. The van der Waals surface area contributed by atoms with E-state index in [0.717, 1.165) is 11.3 Å². The van der Waals surface area contributed by atoms with Crippen molar-refractivity contribution in [3.05, 3.63) is 57.4 Å². The zero-order valence-electron chi connectivity index (χ0n) is 16.2. The summed E-state index contributed by atoms with van der Waals surface area (Å²) in [5.41, 5.74) is 8.40. The van der Waals surface area contributed by atoms with Gasteiger partial charge >= 0.3 is 11.9 Å². The number of benzene rings is 1. The Balaban J connectivity index is 2.65. The number of esters is 2. The molecular weight excluding hydrogens is 400 g/mol. The number of carbonyl (C=O) groups is 2. The van der Waals surface area contributed by atoms with Crippen LogP contribution in [0.15, 0.2) is 46.8 Å². The van der Waals surface area contributed by atoms with E-state index in [1.165, 1.54) is 7.11 Å². The Kier molecular flexibility index (Phi) is 8.41. The third kappa shape index (κ3) is 5.10. The summed E-state index contributed by atoms with van der Waals surface area (Å²) in [7, 11) is 1.32. The Hall–Kier alpha value is -1.96. The van der Waals surface area contributed by atoms with Crippen LogP contribution in [-0.2, 0) is 19.1 Å². The van der Waals surface area contributed by atoms with Gasteiger partial charge in [-0.3, -0.25) is 0 Å². The Labute approximate surface area is 174 Å². The average molecular weight is 425 g/mol. The van der Waals surface area contributed by atoms with Gasteiger partial charge in [0.2, 0.25) is 0 Å². The van der Waals surface area contributed by atoms with Gasteiger partial charge in [-0.1, -0.05) is 23.7 Å². The summed E-state index contributed by atoms with van der Waals surface area (Å²) >= 11 is 7.79. The standard InChI is InChI=1S/C20H25ClN2O4S/c1-4-27-20(25)18-15(11-28-9-8-22)23-12(2)16(19(24)26-3)17(18)13-6-5-7-14(21)10-13/h5-7,10,17,23H,4,8-9,11,22H2,1-3H3. The molecule has 6 nitrogen and oxygen atoms in total. The zero-order chi connectivity index (χ0) is 20.7. The van der Waals surface area contributed by atoms with Crippen molar-refractivity contribution >= 4 is 35.3 Å². The molecule has 1 heterocycles. The molecule has 0 bridgehead atoms. The minimum Gasteiger partial charge on any atom is -0.466 e. The first-order valence-corrected chi connectivity index (χ1v) is 10.5. The van der Waals surface area contributed by atoms with Gasteiger partial charge in [0.25, 0.3) is 0 Å². The Morgan fingerprint density at radius 2 is 2.04 bits per heavy atom. The molecule has 1 aromatic carbocycles. The van der Waals surface area contributed by atoms with Crippen LogP contribution in [0.1, 0.15) is 25.3 Å². The van der Waals surface area contributed by atoms with Gasteiger partial charge in [0.15, 0.2) is 0 Å². The second-order valence-corrected chi connectivity index (χ2v) is 7.64. The van der Waals surface area contributed by atoms with E-state index >= 15 is 0 Å². The van der Waals surface area contributed by atoms with Crippen molar-refractivity contribution in [2.75, 3.05) is 31.8 Å². The maximum absolute atomic E-state index is 12.9. The molecule has 1 unspecified atom stereocenters. The number of rotatable bonds is 8. The first-order valence-electron chi connectivity index (χ1n) is 8.94. The number of nitrogens with two attached hydrogens (primary N) is 1. The van der Waals surface area contributed by atoms with Gasteiger partial charge in [-0.15, -0.1) is 0 Å². The molecule has 0 fully saturated rings. The molecule has 2 rings (SSSR count). The fourth-order valence-electron chi connectivity index (χ4n) is 3.12. The average Bonchev–Trinajstić information content (AvgIpc) is 2.67. The van der Waals surface area contributed by atoms with Crippen molar-refractivity contribution in [3.63, 3.8) is 0 Å². The van der Waals surface area contributed by atoms with Crippen molar-refractivity contribution in [1.29, 1.82) is 0 Å². The number of hydrogen-bond donors (Lipinski definition) is 2. The minimum absolute atomic E-state index is 0.226. The predicted molar refractivity (Wildman–Crippen MR) is 112 cm³/mol. The normalized spacial score (nSPS) is 16.7. The van der Waals surface area contributed by atoms with Crippen molar-refractivity contribution in [2.24, 2.45) is 5.73 Å². The SMILES string of the molecule is CCOC(=O)C1=C(CSCCN)NC(C)=C(C(=O)OC)C1c1cccc(Cl)c1. The minimum atomic E-state index is -0.639. The van der Waals surface area contributed by atoms with E-state index in [1.54, 1.807) is 43.8 Å². The fourth-order valence-corrected chi connectivity index (χ4v) is 4.06. The lowest BCUT2D eigenvalue weighted by molar-refractivity contribution is -0.139. The summed E-state index contributed by atoms with van der Waals surface area (Å²) in [4.78, 5) is 25.5. The Bertz CT molecular complexity index is 807. The zero-order valence-corrected chi connectivity index (χ0v) is 17.8. The number of methoxy groups -OCH3 is 1. The third-order valence-electron chi connectivity index (χ3n) is 4.24. The first kappa shape index (κ1) is 22.3. The van der Waals surface area contributed by atoms with E-state index in [2.05, 4.69) is 5.32 Å². The smallest absolute Gasteiger partial charge is 0.336 e. The molecule has 0 spiro atoms. The largest absolute Gasteiger partial charge is 0.466 e. The van der Waals surface area contributed by atoms with E-state index in [9.17, 15) is 9.59 Å². The van der Waals surface area contributed by atoms with Gasteiger partial charge in [-0.05, 0) is 31.5 Å². The van der Waals surface area contributed by atoms with Crippen LogP contribution in [-0.4, -0.2) is 43.7 Å². The highest BCUT2D eigenvalue weighted by molar-refractivity contribution is 7.99. The number of nitrogens with one attached hydrogen (secondary N) is 1. The number of allylic oxidation sites excluding steroid dienone is 1. The van der Waals surface area contributed by atoms with Crippen molar-refractivity contribution in [3.8, 4) is 0 Å². The highest BCUT2D eigenvalue weighted by Gasteiger charge is 2.38. The quantitative estimate of drug-likeness (QED) is 0.489. The summed E-state index contributed by atoms with van der Waals surface area (Å²) in [6.07, 6.45) is 0. The van der Waals surface area contributed by atoms with Crippen molar-refractivity contribution in [1.82, 2.24) is 5.32 Å². The molecule has 1 aliphatic heterocycles. The van der Waals surface area contributed by atoms with E-state index < -0.39 is 17.9 Å². The second kappa shape index (κ2) is 10.5. The van der Waals surface area contributed by atoms with Crippen molar-refractivity contribution < 1.29 is 19.1 Å². The molecule has 0 saturated heterocycles. The fraction of sp³-hybridized carbons (Fsp3) is 0.400. The Morgan fingerprint density at radius 1 is 1.29 bits per heavy atom. The lowest BCUT2D eigenvalue weighted by atomic mass is 9.80. The van der Waals surface area contributed by atoms with Crippen LogP contribution >= 0.6 is 23.4 Å². The Morgan fingerprint density at radius 3 is 2.64 bits per heavy atom. The predicted octanol–water partition coefficient (Wildman–Crippen LogP) is 2.98. The molecular formula is C20H25ClN2O4S. The highest BCUT2D eigenvalue weighted by Crippen LogP contribution is 2.40. The number of halogens is 1. The van der Waals surface area contributed by atoms with Crippen LogP contribution in [0.4, 0.5) is 0 Å². The molecule has 28 heavy (non-hydrogen) atoms. The molecule has 0 aliphatic carbocycles. The summed E-state index contributed by atoms with van der Waals surface area (Å²) in [5, 5.41) is 3.72. The second-order valence-electron chi connectivity index (χ2n) is 6.10. The number of ether oxygens (including phenoxy) is 2. The molecule has 0 saturated carbocycles. The van der Waals surface area contributed by atoms with Gasteiger partial charge in [-0.2, -0.15) is 11.8 Å². The van der Waals surface area contributed by atoms with Gasteiger partial charge < -0.3 is 20.5 Å². The van der Waals surface area contributed by atoms with E-state index in [-0.39, 0.29) is 6.61 Å². The molecule has 1 aromatic rings.